The van der Waals surface area contributed by atoms with Gasteiger partial charge in [-0.2, -0.15) is 0 Å². The van der Waals surface area contributed by atoms with Crippen LogP contribution in [0.3, 0.4) is 0 Å². The third-order valence-corrected chi connectivity index (χ3v) is 5.61. The minimum atomic E-state index is -0.445. The maximum absolute atomic E-state index is 13.2. The largest absolute Gasteiger partial charge is 0.324 e. The summed E-state index contributed by atoms with van der Waals surface area (Å²) in [6, 6.07) is 10.7. The highest BCUT2D eigenvalue weighted by Crippen LogP contribution is 2.40. The third-order valence-electron chi connectivity index (χ3n) is 3.62. The highest BCUT2D eigenvalue weighted by molar-refractivity contribution is 8.00. The minimum absolute atomic E-state index is 0.132. The van der Waals surface area contributed by atoms with Gasteiger partial charge in [0.25, 0.3) is 0 Å². The average Bonchev–Trinajstić information content (AvgIpc) is 2.91. The smallest absolute Gasteiger partial charge is 0.244 e. The summed E-state index contributed by atoms with van der Waals surface area (Å²) in [7, 11) is 0. The molecule has 0 radical (unpaired) electrons. The number of nitrogens with one attached hydrogen (secondary N) is 1. The van der Waals surface area contributed by atoms with Crippen LogP contribution in [0.25, 0.3) is 0 Å². The zero-order valence-electron chi connectivity index (χ0n) is 12.8. The highest BCUT2D eigenvalue weighted by Gasteiger charge is 2.34. The van der Waals surface area contributed by atoms with E-state index in [-0.39, 0.29) is 23.6 Å². The second kappa shape index (κ2) is 7.64. The molecule has 1 fully saturated rings. The van der Waals surface area contributed by atoms with Crippen LogP contribution in [-0.2, 0) is 9.59 Å². The number of carbonyl (C=O) groups is 2. The molecule has 2 aromatic carbocycles. The Morgan fingerprint density at radius 3 is 2.76 bits per heavy atom. The molecule has 1 atom stereocenters. The number of nitrogens with zero attached hydrogens (tertiary/aromatic N) is 1. The molecule has 25 heavy (non-hydrogen) atoms. The summed E-state index contributed by atoms with van der Waals surface area (Å²) in [6.45, 7) is -0.132. The summed E-state index contributed by atoms with van der Waals surface area (Å²) in [5.41, 5.74) is 1.14. The number of hydrogen-bond donors (Lipinski definition) is 1. The van der Waals surface area contributed by atoms with Gasteiger partial charge in [0.05, 0.1) is 15.8 Å². The lowest BCUT2D eigenvalue weighted by atomic mass is 10.2. The molecule has 1 aliphatic rings. The molecule has 1 heterocycles. The van der Waals surface area contributed by atoms with Crippen LogP contribution in [0.5, 0.6) is 0 Å². The Kier molecular flexibility index (Phi) is 5.51. The molecule has 0 aromatic heterocycles. The van der Waals surface area contributed by atoms with Crippen LogP contribution in [0.2, 0.25) is 10.0 Å². The number of thioether (sulfide) groups is 1. The van der Waals surface area contributed by atoms with Gasteiger partial charge in [-0.25, -0.2) is 4.39 Å². The summed E-state index contributed by atoms with van der Waals surface area (Å²) in [6.07, 6.45) is 0. The van der Waals surface area contributed by atoms with Crippen molar-refractivity contribution in [2.45, 2.75) is 5.37 Å². The van der Waals surface area contributed by atoms with Crippen LogP contribution >= 0.6 is 35.0 Å². The number of benzene rings is 2. The number of rotatable bonds is 4. The second-order valence-electron chi connectivity index (χ2n) is 5.42. The first-order chi connectivity index (χ1) is 11.9. The Balaban J connectivity index is 1.73. The van der Waals surface area contributed by atoms with Crippen molar-refractivity contribution < 1.29 is 14.0 Å². The van der Waals surface area contributed by atoms with Crippen molar-refractivity contribution >= 4 is 52.5 Å². The Morgan fingerprint density at radius 1 is 1.24 bits per heavy atom. The molecule has 1 aliphatic heterocycles. The van der Waals surface area contributed by atoms with Gasteiger partial charge in [-0.1, -0.05) is 35.3 Å². The lowest BCUT2D eigenvalue weighted by Crippen LogP contribution is -2.36. The normalized spacial score (nSPS) is 17.0. The van der Waals surface area contributed by atoms with Crippen molar-refractivity contribution in [2.24, 2.45) is 0 Å². The van der Waals surface area contributed by atoms with Crippen LogP contribution < -0.4 is 5.32 Å². The predicted octanol–water partition coefficient (Wildman–Crippen LogP) is 4.35. The molecule has 130 valence electrons. The van der Waals surface area contributed by atoms with Crippen molar-refractivity contribution in [3.63, 3.8) is 0 Å². The van der Waals surface area contributed by atoms with Crippen LogP contribution in [0, 0.1) is 5.82 Å². The van der Waals surface area contributed by atoms with Gasteiger partial charge < -0.3 is 10.2 Å². The van der Waals surface area contributed by atoms with E-state index in [1.165, 1.54) is 34.9 Å². The average molecular weight is 399 g/mol. The van der Waals surface area contributed by atoms with Crippen molar-refractivity contribution in [1.29, 1.82) is 0 Å². The minimum Gasteiger partial charge on any atom is -0.324 e. The van der Waals surface area contributed by atoms with Crippen LogP contribution in [0.4, 0.5) is 10.1 Å². The summed E-state index contributed by atoms with van der Waals surface area (Å²) in [5, 5.41) is 3.09. The monoisotopic (exact) mass is 398 g/mol. The van der Waals surface area contributed by atoms with E-state index in [1.807, 2.05) is 0 Å². The third kappa shape index (κ3) is 4.26. The molecule has 0 spiro atoms. The predicted molar refractivity (Wildman–Crippen MR) is 98.4 cm³/mol. The molecule has 1 saturated heterocycles. The highest BCUT2D eigenvalue weighted by atomic mass is 35.5. The van der Waals surface area contributed by atoms with E-state index < -0.39 is 11.7 Å². The summed E-state index contributed by atoms with van der Waals surface area (Å²) in [5.74, 6) is -0.709. The lowest BCUT2D eigenvalue weighted by Gasteiger charge is -2.24. The first kappa shape index (κ1) is 18.0. The van der Waals surface area contributed by atoms with Crippen molar-refractivity contribution in [3.05, 3.63) is 63.9 Å². The molecule has 4 nitrogen and oxygen atoms in total. The van der Waals surface area contributed by atoms with E-state index in [4.69, 9.17) is 23.2 Å². The van der Waals surface area contributed by atoms with E-state index in [1.54, 1.807) is 24.3 Å². The number of amides is 2. The van der Waals surface area contributed by atoms with Gasteiger partial charge >= 0.3 is 0 Å². The number of anilines is 1. The van der Waals surface area contributed by atoms with Crippen molar-refractivity contribution in [1.82, 2.24) is 4.90 Å². The van der Waals surface area contributed by atoms with E-state index in [9.17, 15) is 14.0 Å². The second-order valence-corrected chi connectivity index (χ2v) is 7.30. The maximum atomic E-state index is 13.2. The zero-order valence-corrected chi connectivity index (χ0v) is 15.2. The van der Waals surface area contributed by atoms with Crippen molar-refractivity contribution in [2.75, 3.05) is 17.6 Å². The Bertz CT molecular complexity index is 834. The van der Waals surface area contributed by atoms with E-state index >= 15 is 0 Å². The molecule has 8 heteroatoms. The standard InChI is InChI=1S/C17H13Cl2FN2O2S/c18-13-5-4-10(6-14(13)19)17-22(16(24)9-25-17)8-15(23)21-12-3-1-2-11(20)7-12/h1-7,17H,8-9H2,(H,21,23)/t17-/m0/s1. The molecular formula is C17H13Cl2FN2O2S. The molecule has 0 unspecified atom stereocenters. The van der Waals surface area contributed by atoms with Crippen LogP contribution in [0.15, 0.2) is 42.5 Å². The van der Waals surface area contributed by atoms with E-state index in [0.29, 0.717) is 15.7 Å². The molecular weight excluding hydrogens is 386 g/mol. The van der Waals surface area contributed by atoms with Crippen LogP contribution in [-0.4, -0.2) is 29.0 Å². The Hall–Kier alpha value is -1.76. The number of carbonyl (C=O) groups excluding carboxylic acids is 2. The van der Waals surface area contributed by atoms with Gasteiger partial charge in [-0.15, -0.1) is 11.8 Å². The zero-order chi connectivity index (χ0) is 18.0. The first-order valence-corrected chi connectivity index (χ1v) is 9.16. The van der Waals surface area contributed by atoms with Gasteiger partial charge in [-0.3, -0.25) is 9.59 Å². The SMILES string of the molecule is O=C(CN1C(=O)CS[C@H]1c1ccc(Cl)c(Cl)c1)Nc1cccc(F)c1. The fourth-order valence-electron chi connectivity index (χ4n) is 2.49. The number of hydrogen-bond acceptors (Lipinski definition) is 3. The molecule has 0 aliphatic carbocycles. The van der Waals surface area contributed by atoms with Gasteiger partial charge in [0.15, 0.2) is 0 Å². The number of halogens is 3. The van der Waals surface area contributed by atoms with Gasteiger partial charge in [0, 0.05) is 5.69 Å². The van der Waals surface area contributed by atoms with E-state index in [2.05, 4.69) is 5.32 Å². The first-order valence-electron chi connectivity index (χ1n) is 7.35. The fourth-order valence-corrected chi connectivity index (χ4v) is 3.97. The Labute approximate surface area is 158 Å². The van der Waals surface area contributed by atoms with Gasteiger partial charge in [-0.05, 0) is 35.9 Å². The topological polar surface area (TPSA) is 49.4 Å². The molecule has 3 rings (SSSR count). The van der Waals surface area contributed by atoms with Gasteiger partial charge in [0.1, 0.15) is 17.7 Å². The lowest BCUT2D eigenvalue weighted by molar-refractivity contribution is -0.132. The molecule has 1 N–H and O–H groups in total. The molecule has 0 saturated carbocycles. The fraction of sp³-hybridized carbons (Fsp3) is 0.176. The maximum Gasteiger partial charge on any atom is 0.244 e. The summed E-state index contributed by atoms with van der Waals surface area (Å²) >= 11 is 13.4. The summed E-state index contributed by atoms with van der Waals surface area (Å²) in [4.78, 5) is 25.9. The van der Waals surface area contributed by atoms with Crippen LogP contribution in [0.1, 0.15) is 10.9 Å². The molecule has 0 bridgehead atoms. The molecule has 2 amide bonds. The Morgan fingerprint density at radius 2 is 2.04 bits per heavy atom. The summed E-state index contributed by atoms with van der Waals surface area (Å²) < 4.78 is 13.2. The molecule has 2 aromatic rings. The quantitative estimate of drug-likeness (QED) is 0.832. The van der Waals surface area contributed by atoms with Gasteiger partial charge in [0.2, 0.25) is 11.8 Å². The van der Waals surface area contributed by atoms with Crippen molar-refractivity contribution in [3.8, 4) is 0 Å². The van der Waals surface area contributed by atoms with E-state index in [0.717, 1.165) is 5.56 Å².